The van der Waals surface area contributed by atoms with Crippen LogP contribution in [0.5, 0.6) is 0 Å². The number of rotatable bonds is 19. The minimum atomic E-state index is -0.268. The predicted octanol–water partition coefficient (Wildman–Crippen LogP) is 8.09. The zero-order valence-electron chi connectivity index (χ0n) is 18.1. The first kappa shape index (κ1) is 25.7. The summed E-state index contributed by atoms with van der Waals surface area (Å²) in [5.41, 5.74) is 0. The van der Waals surface area contributed by atoms with Crippen LogP contribution >= 0.6 is 0 Å². The van der Waals surface area contributed by atoms with Gasteiger partial charge in [0, 0.05) is 6.08 Å². The number of unbranched alkanes of at least 4 members (excludes halogenated alkanes) is 13. The number of allylic oxidation sites excluding steroid dienone is 5. The second-order valence-electron chi connectivity index (χ2n) is 7.35. The van der Waals surface area contributed by atoms with Crippen molar-refractivity contribution in [1.82, 2.24) is 0 Å². The van der Waals surface area contributed by atoms with E-state index in [9.17, 15) is 4.79 Å². The van der Waals surface area contributed by atoms with E-state index in [-0.39, 0.29) is 5.97 Å². The van der Waals surface area contributed by atoms with Crippen LogP contribution in [-0.2, 0) is 9.53 Å². The van der Waals surface area contributed by atoms with Gasteiger partial charge in [-0.25, -0.2) is 4.79 Å². The average molecular weight is 377 g/mol. The predicted molar refractivity (Wildman–Crippen MR) is 119 cm³/mol. The summed E-state index contributed by atoms with van der Waals surface area (Å²) in [7, 11) is 1.40. The Hall–Kier alpha value is -1.31. The maximum absolute atomic E-state index is 10.9. The summed E-state index contributed by atoms with van der Waals surface area (Å²) >= 11 is 0. The highest BCUT2D eigenvalue weighted by Crippen LogP contribution is 2.11. The molecule has 0 radical (unpaired) electrons. The van der Waals surface area contributed by atoms with Crippen molar-refractivity contribution in [2.75, 3.05) is 7.11 Å². The molecule has 2 heteroatoms. The van der Waals surface area contributed by atoms with E-state index >= 15 is 0 Å². The number of ether oxygens (including phenoxy) is 1. The second-order valence-corrected chi connectivity index (χ2v) is 7.35. The molecule has 156 valence electrons. The molecular weight excluding hydrogens is 332 g/mol. The van der Waals surface area contributed by atoms with Gasteiger partial charge in [0.25, 0.3) is 0 Å². The minimum Gasteiger partial charge on any atom is -0.466 e. The number of hydrogen-bond donors (Lipinski definition) is 0. The number of esters is 1. The van der Waals surface area contributed by atoms with Gasteiger partial charge >= 0.3 is 5.97 Å². The van der Waals surface area contributed by atoms with E-state index < -0.39 is 0 Å². The lowest BCUT2D eigenvalue weighted by Crippen LogP contribution is -1.93. The minimum absolute atomic E-state index is 0.268. The van der Waals surface area contributed by atoms with Crippen LogP contribution in [0.15, 0.2) is 36.5 Å². The molecule has 0 aromatic carbocycles. The smallest absolute Gasteiger partial charge is 0.330 e. The van der Waals surface area contributed by atoms with Crippen LogP contribution in [0, 0.1) is 0 Å². The van der Waals surface area contributed by atoms with Gasteiger partial charge in [-0.05, 0) is 44.9 Å². The van der Waals surface area contributed by atoms with Gasteiger partial charge in [-0.1, -0.05) is 95.1 Å². The van der Waals surface area contributed by atoms with Gasteiger partial charge in [-0.15, -0.1) is 0 Å². The van der Waals surface area contributed by atoms with Crippen molar-refractivity contribution in [3.05, 3.63) is 36.5 Å². The van der Waals surface area contributed by atoms with Crippen LogP contribution in [-0.4, -0.2) is 13.1 Å². The summed E-state index contributed by atoms with van der Waals surface area (Å²) < 4.78 is 4.55. The van der Waals surface area contributed by atoms with Crippen molar-refractivity contribution in [3.8, 4) is 0 Å². The van der Waals surface area contributed by atoms with Gasteiger partial charge in [-0.2, -0.15) is 0 Å². The Morgan fingerprint density at radius 2 is 1.04 bits per heavy atom. The van der Waals surface area contributed by atoms with Gasteiger partial charge in [0.1, 0.15) is 0 Å². The zero-order chi connectivity index (χ0) is 19.8. The third-order valence-electron chi connectivity index (χ3n) is 4.75. The molecule has 0 aliphatic rings. The molecule has 0 saturated heterocycles. The molecule has 0 amide bonds. The lowest BCUT2D eigenvalue weighted by Gasteiger charge is -2.01. The Labute approximate surface area is 169 Å². The molecule has 0 aliphatic carbocycles. The number of carbonyl (C=O) groups is 1. The fraction of sp³-hybridized carbons (Fsp3) is 0.720. The van der Waals surface area contributed by atoms with Crippen molar-refractivity contribution in [2.24, 2.45) is 0 Å². The highest BCUT2D eigenvalue weighted by Gasteiger charge is 1.92. The fourth-order valence-electron chi connectivity index (χ4n) is 3.01. The molecule has 0 fully saturated rings. The number of methoxy groups -OCH3 is 1. The summed E-state index contributed by atoms with van der Waals surface area (Å²) in [6, 6.07) is 0. The third kappa shape index (κ3) is 22.6. The Kier molecular flexibility index (Phi) is 21.6. The first-order chi connectivity index (χ1) is 13.3. The maximum atomic E-state index is 10.9. The summed E-state index contributed by atoms with van der Waals surface area (Å²) in [5.74, 6) is -0.268. The van der Waals surface area contributed by atoms with Crippen LogP contribution in [0.25, 0.3) is 0 Å². The molecular formula is C25H44O2. The fourth-order valence-corrected chi connectivity index (χ4v) is 3.01. The quantitative estimate of drug-likeness (QED) is 0.0985. The van der Waals surface area contributed by atoms with Gasteiger partial charge in [0.2, 0.25) is 0 Å². The van der Waals surface area contributed by atoms with Gasteiger partial charge in [0.05, 0.1) is 7.11 Å². The largest absolute Gasteiger partial charge is 0.466 e. The molecule has 0 aliphatic heterocycles. The van der Waals surface area contributed by atoms with Crippen molar-refractivity contribution in [3.63, 3.8) is 0 Å². The van der Waals surface area contributed by atoms with Crippen LogP contribution in [0.2, 0.25) is 0 Å². The monoisotopic (exact) mass is 376 g/mol. The first-order valence-corrected chi connectivity index (χ1v) is 11.4. The van der Waals surface area contributed by atoms with Crippen LogP contribution < -0.4 is 0 Å². The molecule has 0 bridgehead atoms. The van der Waals surface area contributed by atoms with Crippen LogP contribution in [0.1, 0.15) is 110 Å². The highest BCUT2D eigenvalue weighted by molar-refractivity contribution is 5.81. The Balaban J connectivity index is 3.24. The molecule has 0 heterocycles. The van der Waals surface area contributed by atoms with Crippen molar-refractivity contribution < 1.29 is 9.53 Å². The Morgan fingerprint density at radius 3 is 1.59 bits per heavy atom. The normalized spacial score (nSPS) is 11.9. The molecule has 0 aromatic heterocycles. The average Bonchev–Trinajstić information content (AvgIpc) is 2.68. The topological polar surface area (TPSA) is 26.3 Å². The van der Waals surface area contributed by atoms with E-state index in [1.807, 2.05) is 6.08 Å². The number of hydrogen-bond acceptors (Lipinski definition) is 2. The van der Waals surface area contributed by atoms with Gasteiger partial charge < -0.3 is 4.74 Å². The summed E-state index contributed by atoms with van der Waals surface area (Å²) in [4.78, 5) is 10.9. The summed E-state index contributed by atoms with van der Waals surface area (Å²) in [5, 5.41) is 0. The Morgan fingerprint density at radius 1 is 0.593 bits per heavy atom. The van der Waals surface area contributed by atoms with Crippen molar-refractivity contribution >= 4 is 5.97 Å². The van der Waals surface area contributed by atoms with E-state index in [0.717, 1.165) is 32.1 Å². The molecule has 0 unspecified atom stereocenters. The van der Waals surface area contributed by atoms with Crippen molar-refractivity contribution in [2.45, 2.75) is 110 Å². The van der Waals surface area contributed by atoms with Gasteiger partial charge in [0.15, 0.2) is 0 Å². The summed E-state index contributed by atoms with van der Waals surface area (Å²) in [6.07, 6.45) is 33.3. The van der Waals surface area contributed by atoms with Crippen LogP contribution in [0.4, 0.5) is 0 Å². The van der Waals surface area contributed by atoms with E-state index in [2.05, 4.69) is 36.0 Å². The third-order valence-corrected chi connectivity index (χ3v) is 4.75. The lowest BCUT2D eigenvalue weighted by molar-refractivity contribution is -0.134. The van der Waals surface area contributed by atoms with E-state index in [1.165, 1.54) is 83.8 Å². The standard InChI is InChI=1S/C25H44O2/c1-3-4-5-6-7-8-9-10-11-12-13-14-15-16-17-18-19-20-21-22-23-24-25(26)27-2/h14-15,18-19,23-24H,3-13,16-17,20-22H2,1-2H3/b15-14+,19-18+,24-23+. The summed E-state index contributed by atoms with van der Waals surface area (Å²) in [6.45, 7) is 2.28. The molecule has 0 rings (SSSR count). The van der Waals surface area contributed by atoms with E-state index in [0.29, 0.717) is 0 Å². The molecule has 0 N–H and O–H groups in total. The van der Waals surface area contributed by atoms with E-state index in [4.69, 9.17) is 0 Å². The van der Waals surface area contributed by atoms with Gasteiger partial charge in [-0.3, -0.25) is 0 Å². The molecule has 0 aromatic rings. The Bertz CT molecular complexity index is 393. The number of carbonyl (C=O) groups excluding carboxylic acids is 1. The lowest BCUT2D eigenvalue weighted by atomic mass is 10.1. The van der Waals surface area contributed by atoms with Crippen LogP contribution in [0.3, 0.4) is 0 Å². The molecule has 2 nitrogen and oxygen atoms in total. The molecule has 0 spiro atoms. The molecule has 0 saturated carbocycles. The maximum Gasteiger partial charge on any atom is 0.330 e. The SMILES string of the molecule is CCCCCCCCCCCC/C=C/CC/C=C/CCC/C=C/C(=O)OC. The van der Waals surface area contributed by atoms with Crippen molar-refractivity contribution in [1.29, 1.82) is 0 Å². The first-order valence-electron chi connectivity index (χ1n) is 11.4. The zero-order valence-corrected chi connectivity index (χ0v) is 18.1. The molecule has 27 heavy (non-hydrogen) atoms. The van der Waals surface area contributed by atoms with E-state index in [1.54, 1.807) is 0 Å². The molecule has 0 atom stereocenters. The second kappa shape index (κ2) is 22.7. The highest BCUT2D eigenvalue weighted by atomic mass is 16.5.